The number of carbonyl (C=O) groups excluding carboxylic acids is 1. The summed E-state index contributed by atoms with van der Waals surface area (Å²) in [5, 5.41) is 0. The summed E-state index contributed by atoms with van der Waals surface area (Å²) in [6, 6.07) is 7.02. The lowest BCUT2D eigenvalue weighted by atomic mass is 10.0. The van der Waals surface area contributed by atoms with E-state index in [1.54, 1.807) is 0 Å². The maximum atomic E-state index is 14.7. The smallest absolute Gasteiger partial charge is 0.378 e. The molecule has 1 aliphatic rings. The van der Waals surface area contributed by atoms with E-state index >= 15 is 0 Å². The maximum absolute atomic E-state index is 14.7. The van der Waals surface area contributed by atoms with Crippen LogP contribution in [0, 0.1) is 5.82 Å². The molecule has 4 rings (SSSR count). The lowest BCUT2D eigenvalue weighted by Gasteiger charge is -2.27. The number of nitrogens with zero attached hydrogens (tertiary/aromatic N) is 3. The fourth-order valence-electron chi connectivity index (χ4n) is 3.29. The number of hydrogen-bond acceptors (Lipinski definition) is 4. The molecule has 6 nitrogen and oxygen atoms in total. The number of benzene rings is 1. The zero-order valence-corrected chi connectivity index (χ0v) is 15.4. The van der Waals surface area contributed by atoms with Crippen LogP contribution in [0.3, 0.4) is 0 Å². The number of alkyl halides is 3. The number of rotatable bonds is 2. The van der Waals surface area contributed by atoms with Crippen molar-refractivity contribution in [2.45, 2.75) is 6.18 Å². The molecule has 30 heavy (non-hydrogen) atoms. The summed E-state index contributed by atoms with van der Waals surface area (Å²) in [4.78, 5) is 29.7. The third-order valence-electron chi connectivity index (χ3n) is 4.79. The Labute approximate surface area is 167 Å². The lowest BCUT2D eigenvalue weighted by molar-refractivity contribution is -0.141. The highest BCUT2D eigenvalue weighted by Crippen LogP contribution is 2.30. The van der Waals surface area contributed by atoms with Gasteiger partial charge < -0.3 is 9.64 Å². The number of aromatic nitrogens is 2. The van der Waals surface area contributed by atoms with Gasteiger partial charge in [0.25, 0.3) is 11.5 Å². The van der Waals surface area contributed by atoms with Gasteiger partial charge in [-0.05, 0) is 29.8 Å². The number of morpholine rings is 1. The molecule has 1 aliphatic heterocycles. The average molecular weight is 421 g/mol. The molecule has 0 aliphatic carbocycles. The Hall–Kier alpha value is -3.27. The van der Waals surface area contributed by atoms with Crippen LogP contribution in [-0.2, 0) is 10.9 Å². The summed E-state index contributed by atoms with van der Waals surface area (Å²) in [6.45, 7) is 1.42. The van der Waals surface area contributed by atoms with E-state index in [4.69, 9.17) is 4.74 Å². The second kappa shape index (κ2) is 7.52. The van der Waals surface area contributed by atoms with Crippen molar-refractivity contribution in [3.8, 4) is 11.1 Å². The molecule has 3 heterocycles. The minimum Gasteiger partial charge on any atom is -0.378 e. The monoisotopic (exact) mass is 421 g/mol. The molecule has 0 atom stereocenters. The molecule has 156 valence electrons. The minimum atomic E-state index is -4.80. The van der Waals surface area contributed by atoms with Gasteiger partial charge in [-0.1, -0.05) is 6.07 Å². The van der Waals surface area contributed by atoms with Crippen LogP contribution in [0.1, 0.15) is 16.1 Å². The predicted molar refractivity (Wildman–Crippen MR) is 98.6 cm³/mol. The molecule has 1 saturated heterocycles. The van der Waals surface area contributed by atoms with Crippen molar-refractivity contribution >= 4 is 11.6 Å². The van der Waals surface area contributed by atoms with Gasteiger partial charge in [0.1, 0.15) is 11.5 Å². The molecule has 0 saturated carbocycles. The third kappa shape index (κ3) is 3.65. The quantitative estimate of drug-likeness (QED) is 0.597. The van der Waals surface area contributed by atoms with Crippen LogP contribution in [0.25, 0.3) is 16.8 Å². The van der Waals surface area contributed by atoms with Crippen LogP contribution in [0.15, 0.2) is 47.4 Å². The summed E-state index contributed by atoms with van der Waals surface area (Å²) in [6.07, 6.45) is -3.53. The van der Waals surface area contributed by atoms with E-state index < -0.39 is 29.2 Å². The van der Waals surface area contributed by atoms with E-state index in [0.717, 1.165) is 10.5 Å². The molecule has 0 bridgehead atoms. The van der Waals surface area contributed by atoms with Gasteiger partial charge in [0.2, 0.25) is 0 Å². The van der Waals surface area contributed by atoms with Gasteiger partial charge in [0.05, 0.1) is 18.8 Å². The number of amides is 1. The SMILES string of the molecule is O=C(c1ccc(-c2cccn3c(=O)cc(C(F)(F)F)nc23)cc1F)N1CCOCC1. The highest BCUT2D eigenvalue weighted by molar-refractivity contribution is 5.95. The molecule has 1 aromatic carbocycles. The molecular formula is C20H15F4N3O3. The summed E-state index contributed by atoms with van der Waals surface area (Å²) in [7, 11) is 0. The van der Waals surface area contributed by atoms with Gasteiger partial charge >= 0.3 is 6.18 Å². The molecule has 1 amide bonds. The standard InChI is InChI=1S/C20H15F4N3O3/c21-15-10-12(3-4-14(15)19(29)26-6-8-30-9-7-26)13-2-1-5-27-17(28)11-16(20(22,23)24)25-18(13)27/h1-5,10-11H,6-9H2. The van der Waals surface area contributed by atoms with Gasteiger partial charge in [0, 0.05) is 30.9 Å². The fraction of sp³-hybridized carbons (Fsp3) is 0.250. The largest absolute Gasteiger partial charge is 0.433 e. The van der Waals surface area contributed by atoms with E-state index in [2.05, 4.69) is 4.98 Å². The maximum Gasteiger partial charge on any atom is 0.433 e. The number of halogens is 4. The Morgan fingerprint density at radius 2 is 1.83 bits per heavy atom. The molecule has 0 spiro atoms. The van der Waals surface area contributed by atoms with Crippen molar-refractivity contribution < 1.29 is 27.1 Å². The summed E-state index contributed by atoms with van der Waals surface area (Å²) < 4.78 is 60.1. The van der Waals surface area contributed by atoms with Crippen molar-refractivity contribution in [2.24, 2.45) is 0 Å². The van der Waals surface area contributed by atoms with Gasteiger partial charge in [-0.25, -0.2) is 9.37 Å². The van der Waals surface area contributed by atoms with Crippen LogP contribution in [0.4, 0.5) is 17.6 Å². The van der Waals surface area contributed by atoms with Crippen LogP contribution in [0.5, 0.6) is 0 Å². The van der Waals surface area contributed by atoms with Gasteiger partial charge in [-0.2, -0.15) is 13.2 Å². The predicted octanol–water partition coefficient (Wildman–Crippen LogP) is 2.99. The average Bonchev–Trinajstić information content (AvgIpc) is 2.73. The number of carbonyl (C=O) groups is 1. The number of pyridine rings is 1. The first-order valence-corrected chi connectivity index (χ1v) is 9.02. The van der Waals surface area contributed by atoms with Crippen LogP contribution in [0.2, 0.25) is 0 Å². The van der Waals surface area contributed by atoms with Crippen LogP contribution in [-0.4, -0.2) is 46.5 Å². The topological polar surface area (TPSA) is 63.9 Å². The Morgan fingerprint density at radius 1 is 1.10 bits per heavy atom. The van der Waals surface area contributed by atoms with Gasteiger partial charge in [0.15, 0.2) is 5.69 Å². The second-order valence-electron chi connectivity index (χ2n) is 6.69. The number of hydrogen-bond donors (Lipinski definition) is 0. The highest BCUT2D eigenvalue weighted by atomic mass is 19.4. The molecular weight excluding hydrogens is 406 g/mol. The molecule has 2 aromatic heterocycles. The van der Waals surface area contributed by atoms with Crippen LogP contribution >= 0.6 is 0 Å². The van der Waals surface area contributed by atoms with Crippen molar-refractivity contribution in [3.63, 3.8) is 0 Å². The Balaban J connectivity index is 1.79. The first-order chi connectivity index (χ1) is 14.3. The minimum absolute atomic E-state index is 0.130. The first-order valence-electron chi connectivity index (χ1n) is 9.02. The van der Waals surface area contributed by atoms with Crippen molar-refractivity contribution in [3.05, 3.63) is 70.0 Å². The second-order valence-corrected chi connectivity index (χ2v) is 6.69. The highest BCUT2D eigenvalue weighted by Gasteiger charge is 2.33. The normalized spacial score (nSPS) is 14.9. The van der Waals surface area contributed by atoms with E-state index in [1.165, 1.54) is 35.4 Å². The van der Waals surface area contributed by atoms with Gasteiger partial charge in [-0.3, -0.25) is 14.0 Å². The van der Waals surface area contributed by atoms with Crippen LogP contribution < -0.4 is 5.56 Å². The molecule has 3 aromatic rings. The van der Waals surface area contributed by atoms with E-state index in [0.29, 0.717) is 32.4 Å². The lowest BCUT2D eigenvalue weighted by Crippen LogP contribution is -2.41. The molecule has 0 radical (unpaired) electrons. The molecule has 10 heteroatoms. The van der Waals surface area contributed by atoms with Crippen molar-refractivity contribution in [1.29, 1.82) is 0 Å². The zero-order valence-electron chi connectivity index (χ0n) is 15.4. The Morgan fingerprint density at radius 3 is 2.50 bits per heavy atom. The number of fused-ring (bicyclic) bond motifs is 1. The number of ether oxygens (including phenoxy) is 1. The van der Waals surface area contributed by atoms with E-state index in [1.807, 2.05) is 0 Å². The fourth-order valence-corrected chi connectivity index (χ4v) is 3.29. The summed E-state index contributed by atoms with van der Waals surface area (Å²) >= 11 is 0. The summed E-state index contributed by atoms with van der Waals surface area (Å²) in [5.74, 6) is -1.31. The van der Waals surface area contributed by atoms with Crippen molar-refractivity contribution in [1.82, 2.24) is 14.3 Å². The zero-order chi connectivity index (χ0) is 21.5. The molecule has 0 unspecified atom stereocenters. The Bertz CT molecular complexity index is 1180. The van der Waals surface area contributed by atoms with Gasteiger partial charge in [-0.15, -0.1) is 0 Å². The molecule has 0 N–H and O–H groups in total. The third-order valence-corrected chi connectivity index (χ3v) is 4.79. The van der Waals surface area contributed by atoms with E-state index in [9.17, 15) is 27.2 Å². The summed E-state index contributed by atoms with van der Waals surface area (Å²) in [5.41, 5.74) is -2.33. The first kappa shape index (κ1) is 20.0. The Kier molecular flexibility index (Phi) is 5.02. The van der Waals surface area contributed by atoms with E-state index in [-0.39, 0.29) is 22.3 Å². The van der Waals surface area contributed by atoms with Crippen molar-refractivity contribution in [2.75, 3.05) is 26.3 Å². The molecule has 1 fully saturated rings.